The van der Waals surface area contributed by atoms with E-state index in [1.165, 1.54) is 75.7 Å². The normalized spacial score (nSPS) is 10.2. The zero-order chi connectivity index (χ0) is 67.7. The van der Waals surface area contributed by atoms with Crippen LogP contribution in [0.3, 0.4) is 0 Å². The Morgan fingerprint density at radius 2 is 1.06 bits per heavy atom. The third-order valence-electron chi connectivity index (χ3n) is 9.40. The lowest BCUT2D eigenvalue weighted by Gasteiger charge is -2.13. The van der Waals surface area contributed by atoms with Crippen molar-refractivity contribution in [2.75, 3.05) is 112 Å². The van der Waals surface area contributed by atoms with Gasteiger partial charge in [0.1, 0.15) is 37.1 Å². The van der Waals surface area contributed by atoms with Gasteiger partial charge in [-0.25, -0.2) is 14.4 Å². The zero-order valence-electron chi connectivity index (χ0n) is 55.6. The van der Waals surface area contributed by atoms with Crippen molar-refractivity contribution >= 4 is 118 Å². The molecule has 0 heterocycles. The van der Waals surface area contributed by atoms with Gasteiger partial charge in [-0.1, -0.05) is 98.2 Å². The molecular formula is C68H107NO10S8. The molecule has 0 saturated heterocycles. The second-order valence-electron chi connectivity index (χ2n) is 19.4. The van der Waals surface area contributed by atoms with Crippen molar-refractivity contribution in [2.24, 2.45) is 0 Å². The van der Waals surface area contributed by atoms with E-state index in [1.54, 1.807) is 43.4 Å². The number of esters is 2. The van der Waals surface area contributed by atoms with Crippen LogP contribution in [0.2, 0.25) is 0 Å². The molecule has 19 heteroatoms. The lowest BCUT2D eigenvalue weighted by molar-refractivity contribution is -0.143. The molecule has 0 saturated carbocycles. The van der Waals surface area contributed by atoms with Crippen LogP contribution in [0, 0.1) is 6.92 Å². The summed E-state index contributed by atoms with van der Waals surface area (Å²) in [4.78, 5) is 36.3. The Bertz CT molecular complexity index is 2410. The molecule has 11 nitrogen and oxygen atoms in total. The summed E-state index contributed by atoms with van der Waals surface area (Å²) in [6, 6.07) is 21.1. The van der Waals surface area contributed by atoms with Crippen LogP contribution in [0.25, 0.3) is 0 Å². The summed E-state index contributed by atoms with van der Waals surface area (Å²) in [5.74, 6) is 5.47. The molecule has 0 spiro atoms. The number of para-hydroxylation sites is 1. The fourth-order valence-electron chi connectivity index (χ4n) is 5.09. The SMILES string of the molecule is C=C(C)C(=O)OCC(O)COCOc1ccccc1SC.C=C(C)C(O)SC.C=C(C)CCSC.C=C(C)CCSC.C=C(C)COC(=O)Nc1cc(CSC)ccc1C.C=C(C)COC(=O)c1ccccc1SC.C=C(C)CSC.C=C(C)CSC. The van der Waals surface area contributed by atoms with Crippen LogP contribution in [0.4, 0.5) is 10.5 Å². The maximum absolute atomic E-state index is 11.7. The van der Waals surface area contributed by atoms with Gasteiger partial charge in [-0.3, -0.25) is 5.32 Å². The van der Waals surface area contributed by atoms with E-state index in [0.29, 0.717) is 11.1 Å². The highest BCUT2D eigenvalue weighted by molar-refractivity contribution is 8.00. The van der Waals surface area contributed by atoms with Crippen LogP contribution >= 0.6 is 94.1 Å². The first-order valence-electron chi connectivity index (χ1n) is 27.3. The van der Waals surface area contributed by atoms with Gasteiger partial charge >= 0.3 is 18.0 Å². The van der Waals surface area contributed by atoms with Gasteiger partial charge in [0.25, 0.3) is 0 Å². The van der Waals surface area contributed by atoms with Crippen LogP contribution < -0.4 is 10.1 Å². The number of aliphatic hydroxyl groups excluding tert-OH is 2. The number of ether oxygens (including phenoxy) is 5. The lowest BCUT2D eigenvalue weighted by Crippen LogP contribution is -2.24. The third-order valence-corrected chi connectivity index (χ3v) is 15.2. The first-order valence-corrected chi connectivity index (χ1v) is 38.0. The van der Waals surface area contributed by atoms with Gasteiger partial charge in [0.15, 0.2) is 6.79 Å². The summed E-state index contributed by atoms with van der Waals surface area (Å²) in [6.07, 6.45) is 17.2. The summed E-state index contributed by atoms with van der Waals surface area (Å²) >= 11 is 13.6. The second-order valence-corrected chi connectivity index (χ2v) is 26.6. The molecule has 3 aromatic rings. The summed E-state index contributed by atoms with van der Waals surface area (Å²) in [6.45, 7) is 47.0. The Labute approximate surface area is 561 Å². The molecule has 0 aromatic heterocycles. The molecule has 3 N–H and O–H groups in total. The van der Waals surface area contributed by atoms with E-state index in [0.717, 1.165) is 60.8 Å². The van der Waals surface area contributed by atoms with Gasteiger partial charge in [0, 0.05) is 38.3 Å². The number of carbonyl (C=O) groups excluding carboxylic acids is 3. The van der Waals surface area contributed by atoms with E-state index in [9.17, 15) is 19.5 Å². The minimum Gasteiger partial charge on any atom is -0.466 e. The van der Waals surface area contributed by atoms with Crippen LogP contribution in [-0.4, -0.2) is 146 Å². The number of hydrogen-bond donors (Lipinski definition) is 3. The summed E-state index contributed by atoms with van der Waals surface area (Å²) in [5.41, 5.74) is 11.1. The molecule has 3 rings (SSSR count). The fraction of sp³-hybridized carbons (Fsp3) is 0.456. The molecule has 2 atom stereocenters. The molecular weight excluding hydrogens is 1250 g/mol. The number of thioether (sulfide) groups is 8. The number of rotatable bonds is 30. The van der Waals surface area contributed by atoms with E-state index >= 15 is 0 Å². The third kappa shape index (κ3) is 62.3. The molecule has 0 aliphatic heterocycles. The number of aryl methyl sites for hydroxylation is 1. The van der Waals surface area contributed by atoms with Crippen molar-refractivity contribution in [1.29, 1.82) is 0 Å². The van der Waals surface area contributed by atoms with Crippen LogP contribution in [0.1, 0.15) is 89.7 Å². The number of allylic oxidation sites excluding steroid dienone is 2. The maximum atomic E-state index is 11.7. The van der Waals surface area contributed by atoms with E-state index < -0.39 is 18.2 Å². The van der Waals surface area contributed by atoms with Gasteiger partial charge in [-0.05, 0) is 195 Å². The van der Waals surface area contributed by atoms with Crippen molar-refractivity contribution in [3.8, 4) is 5.75 Å². The first-order chi connectivity index (χ1) is 41.0. The molecule has 492 valence electrons. The predicted octanol–water partition coefficient (Wildman–Crippen LogP) is 19.1. The van der Waals surface area contributed by atoms with Gasteiger partial charge in [-0.2, -0.15) is 58.8 Å². The van der Waals surface area contributed by atoms with Crippen molar-refractivity contribution in [3.63, 3.8) is 0 Å². The summed E-state index contributed by atoms with van der Waals surface area (Å²) in [7, 11) is 0. The first kappa shape index (κ1) is 92.0. The average molecular weight is 1360 g/mol. The molecule has 2 unspecified atom stereocenters. The highest BCUT2D eigenvalue weighted by Gasteiger charge is 2.12. The second kappa shape index (κ2) is 62.5. The minimum atomic E-state index is -0.896. The molecule has 0 aliphatic carbocycles. The summed E-state index contributed by atoms with van der Waals surface area (Å²) in [5, 5.41) is 21.1. The average Bonchev–Trinajstić information content (AvgIpc) is 3.48. The monoisotopic (exact) mass is 1350 g/mol. The lowest BCUT2D eigenvalue weighted by atomic mass is 10.1. The molecule has 1 amide bonds. The Morgan fingerprint density at radius 1 is 0.563 bits per heavy atom. The number of amides is 1. The van der Waals surface area contributed by atoms with Gasteiger partial charge in [-0.15, -0.1) is 48.4 Å². The summed E-state index contributed by atoms with van der Waals surface area (Å²) < 4.78 is 25.6. The highest BCUT2D eigenvalue weighted by Crippen LogP contribution is 2.27. The Kier molecular flexibility index (Phi) is 66.1. The predicted molar refractivity (Wildman–Crippen MR) is 399 cm³/mol. The quantitative estimate of drug-likeness (QED) is 0.0110. The molecule has 87 heavy (non-hydrogen) atoms. The fourth-order valence-corrected chi connectivity index (χ4v) is 9.23. The van der Waals surface area contributed by atoms with Crippen molar-refractivity contribution in [2.45, 2.75) is 102 Å². The Balaban J connectivity index is -0.000000310. The minimum absolute atomic E-state index is 0.0169. The van der Waals surface area contributed by atoms with Gasteiger partial charge in [0.05, 0.1) is 12.2 Å². The topological polar surface area (TPSA) is 150 Å². The van der Waals surface area contributed by atoms with E-state index in [-0.39, 0.29) is 44.6 Å². The number of benzene rings is 3. The molecule has 0 fully saturated rings. The van der Waals surface area contributed by atoms with E-state index in [4.69, 9.17) is 28.8 Å². The van der Waals surface area contributed by atoms with E-state index in [1.807, 2.05) is 161 Å². The number of carbonyl (C=O) groups is 3. The maximum Gasteiger partial charge on any atom is 0.411 e. The number of aliphatic hydroxyl groups is 2. The Hall–Kier alpha value is -3.73. The van der Waals surface area contributed by atoms with E-state index in [2.05, 4.69) is 103 Å². The van der Waals surface area contributed by atoms with Crippen molar-refractivity contribution < 1.29 is 48.3 Å². The van der Waals surface area contributed by atoms with Gasteiger partial charge < -0.3 is 33.9 Å². The molecule has 0 bridgehead atoms. The van der Waals surface area contributed by atoms with Crippen LogP contribution in [0.15, 0.2) is 174 Å². The number of anilines is 1. The van der Waals surface area contributed by atoms with Crippen LogP contribution in [0.5, 0.6) is 5.75 Å². The molecule has 0 aliphatic rings. The number of nitrogens with one attached hydrogen (secondary N) is 1. The largest absolute Gasteiger partial charge is 0.466 e. The van der Waals surface area contributed by atoms with Crippen LogP contribution in [-0.2, 0) is 29.5 Å². The molecule has 0 radical (unpaired) electrons. The zero-order valence-corrected chi connectivity index (χ0v) is 62.1. The van der Waals surface area contributed by atoms with Crippen molar-refractivity contribution in [3.05, 3.63) is 181 Å². The Morgan fingerprint density at radius 3 is 1.45 bits per heavy atom. The number of hydrogen-bond acceptors (Lipinski definition) is 18. The standard InChI is InChI=1S/C15H20O5S.C14H19NO2S.C12H14O2S.2C6H12S.C5H10OS.2C5H10S/c1-11(2)15(17)19-9-12(16)8-18-10-20-13-6-4-5-7-14(13)21-3;1-10(2)8-17-14(16)15-13-7-12(9-18-4)6-5-11(13)3;1-9(2)8-14-12(13)10-6-4-5-7-11(10)15-3;2*1-6(2)4-5-7-3;1-4(2)5(6)7-3;2*1-5(2)4-6-3/h4-7,12,16H,1,8-10H2,2-3H3;5-7H,1,8-9H2,2-4H3,(H,15,16);4-7H,1,8H2,2-3H3;2*1,4-5H2,2-3H3;5-6H,1H2,2-3H3;2*1,4H2,2-3H3. The smallest absolute Gasteiger partial charge is 0.411 e. The highest BCUT2D eigenvalue weighted by atomic mass is 32.2. The van der Waals surface area contributed by atoms with Gasteiger partial charge in [0.2, 0.25) is 0 Å². The van der Waals surface area contributed by atoms with Crippen molar-refractivity contribution in [1.82, 2.24) is 0 Å². The molecule has 3 aromatic carbocycles.